The molecule has 0 aliphatic carbocycles. The quantitative estimate of drug-likeness (QED) is 0.624. The molecule has 3 heteroatoms. The van der Waals surface area contributed by atoms with Crippen LogP contribution in [-0.2, 0) is 4.79 Å². The molecule has 9 heavy (non-hydrogen) atoms. The second kappa shape index (κ2) is 7.50. The van der Waals surface area contributed by atoms with Crippen LogP contribution in [0.3, 0.4) is 0 Å². The first kappa shape index (κ1) is 11.3. The van der Waals surface area contributed by atoms with E-state index in [1.165, 1.54) is 6.08 Å². The van der Waals surface area contributed by atoms with Gasteiger partial charge in [-0.3, -0.25) is 0 Å². The number of carboxylic acids is 1. The van der Waals surface area contributed by atoms with E-state index in [-0.39, 0.29) is 12.4 Å². The Morgan fingerprint density at radius 1 is 1.67 bits per heavy atom. The van der Waals surface area contributed by atoms with E-state index in [1.807, 2.05) is 6.92 Å². The van der Waals surface area contributed by atoms with Crippen molar-refractivity contribution in [2.45, 2.75) is 19.8 Å². The average Bonchev–Trinajstić information content (AvgIpc) is 1.66. The van der Waals surface area contributed by atoms with Gasteiger partial charge in [0.25, 0.3) is 0 Å². The molecule has 0 aromatic rings. The smallest absolute Gasteiger partial charge is 0.327 e. The molecular formula is C6H11ClO2. The van der Waals surface area contributed by atoms with E-state index in [1.54, 1.807) is 6.08 Å². The number of unbranched alkanes of at least 4 members (excludes halogenated alkanes) is 1. The van der Waals surface area contributed by atoms with Gasteiger partial charge in [-0.2, -0.15) is 0 Å². The van der Waals surface area contributed by atoms with E-state index in [9.17, 15) is 4.79 Å². The SMILES string of the molecule is CCC/C=C\C(=O)O.Cl. The van der Waals surface area contributed by atoms with Gasteiger partial charge < -0.3 is 5.11 Å². The molecule has 0 atom stereocenters. The first-order valence-electron chi connectivity index (χ1n) is 2.67. The Kier molecular flexibility index (Phi) is 9.43. The van der Waals surface area contributed by atoms with Crippen LogP contribution in [0.5, 0.6) is 0 Å². The third-order valence-electron chi connectivity index (χ3n) is 0.716. The fraction of sp³-hybridized carbons (Fsp3) is 0.500. The first-order valence-corrected chi connectivity index (χ1v) is 2.67. The van der Waals surface area contributed by atoms with Gasteiger partial charge in [-0.1, -0.05) is 19.4 Å². The summed E-state index contributed by atoms with van der Waals surface area (Å²) in [4.78, 5) is 9.79. The predicted octanol–water partition coefficient (Wildman–Crippen LogP) is 1.85. The number of halogens is 1. The lowest BCUT2D eigenvalue weighted by atomic mass is 10.3. The third kappa shape index (κ3) is 11.2. The summed E-state index contributed by atoms with van der Waals surface area (Å²) in [7, 11) is 0. The average molecular weight is 151 g/mol. The van der Waals surface area contributed by atoms with Gasteiger partial charge in [0.1, 0.15) is 0 Å². The molecule has 0 aliphatic heterocycles. The summed E-state index contributed by atoms with van der Waals surface area (Å²) in [6.45, 7) is 2.01. The molecule has 0 saturated carbocycles. The van der Waals surface area contributed by atoms with E-state index >= 15 is 0 Å². The maximum Gasteiger partial charge on any atom is 0.327 e. The molecule has 0 saturated heterocycles. The van der Waals surface area contributed by atoms with Gasteiger partial charge in [0.05, 0.1) is 0 Å². The van der Waals surface area contributed by atoms with Crippen LogP contribution in [0.15, 0.2) is 12.2 Å². The van der Waals surface area contributed by atoms with Gasteiger partial charge in [-0.05, 0) is 6.42 Å². The van der Waals surface area contributed by atoms with Crippen LogP contribution < -0.4 is 0 Å². The summed E-state index contributed by atoms with van der Waals surface area (Å²) < 4.78 is 0. The highest BCUT2D eigenvalue weighted by Gasteiger charge is 1.81. The molecular weight excluding hydrogens is 140 g/mol. The summed E-state index contributed by atoms with van der Waals surface area (Å²) >= 11 is 0. The highest BCUT2D eigenvalue weighted by Crippen LogP contribution is 1.86. The van der Waals surface area contributed by atoms with Crippen molar-refractivity contribution in [2.75, 3.05) is 0 Å². The van der Waals surface area contributed by atoms with E-state index in [0.29, 0.717) is 0 Å². The third-order valence-corrected chi connectivity index (χ3v) is 0.716. The van der Waals surface area contributed by atoms with Crippen molar-refractivity contribution >= 4 is 18.4 Å². The summed E-state index contributed by atoms with van der Waals surface area (Å²) in [5, 5.41) is 8.05. The Hall–Kier alpha value is -0.500. The van der Waals surface area contributed by atoms with Crippen LogP contribution in [0, 0.1) is 0 Å². The van der Waals surface area contributed by atoms with Crippen LogP contribution in [0.25, 0.3) is 0 Å². The van der Waals surface area contributed by atoms with Crippen LogP contribution in [-0.4, -0.2) is 11.1 Å². The van der Waals surface area contributed by atoms with Crippen molar-refractivity contribution < 1.29 is 9.90 Å². The molecule has 2 nitrogen and oxygen atoms in total. The fourth-order valence-electron chi connectivity index (χ4n) is 0.351. The Bertz CT molecular complexity index is 99.2. The van der Waals surface area contributed by atoms with E-state index < -0.39 is 5.97 Å². The minimum Gasteiger partial charge on any atom is -0.478 e. The standard InChI is InChI=1S/C6H10O2.ClH/c1-2-3-4-5-6(7)8;/h4-5H,2-3H2,1H3,(H,7,8);1H/b5-4-;. The first-order chi connectivity index (χ1) is 3.77. The highest BCUT2D eigenvalue weighted by atomic mass is 35.5. The molecule has 0 rings (SSSR count). The Labute approximate surface area is 61.0 Å². The second-order valence-corrected chi connectivity index (χ2v) is 1.53. The van der Waals surface area contributed by atoms with Gasteiger partial charge in [0, 0.05) is 6.08 Å². The number of aliphatic carboxylic acids is 1. The molecule has 0 fully saturated rings. The lowest BCUT2D eigenvalue weighted by Crippen LogP contribution is -1.84. The summed E-state index contributed by atoms with van der Waals surface area (Å²) in [5.74, 6) is -0.863. The van der Waals surface area contributed by atoms with Gasteiger partial charge >= 0.3 is 5.97 Å². The van der Waals surface area contributed by atoms with Crippen molar-refractivity contribution in [1.82, 2.24) is 0 Å². The zero-order valence-electron chi connectivity index (χ0n) is 5.33. The number of hydrogen-bond acceptors (Lipinski definition) is 1. The molecule has 0 unspecified atom stereocenters. The van der Waals surface area contributed by atoms with Crippen LogP contribution in [0.4, 0.5) is 0 Å². The Morgan fingerprint density at radius 3 is 2.56 bits per heavy atom. The van der Waals surface area contributed by atoms with Gasteiger partial charge in [-0.15, -0.1) is 12.4 Å². The molecule has 0 aromatic heterocycles. The zero-order valence-corrected chi connectivity index (χ0v) is 6.15. The van der Waals surface area contributed by atoms with E-state index in [2.05, 4.69) is 0 Å². The molecule has 1 N–H and O–H groups in total. The van der Waals surface area contributed by atoms with Gasteiger partial charge in [0.2, 0.25) is 0 Å². The number of carbonyl (C=O) groups is 1. The van der Waals surface area contributed by atoms with E-state index in [0.717, 1.165) is 12.8 Å². The molecule has 0 aromatic carbocycles. The van der Waals surface area contributed by atoms with Gasteiger partial charge in [-0.25, -0.2) is 4.79 Å². The maximum atomic E-state index is 9.79. The monoisotopic (exact) mass is 150 g/mol. The summed E-state index contributed by atoms with van der Waals surface area (Å²) in [5.41, 5.74) is 0. The topological polar surface area (TPSA) is 37.3 Å². The number of carboxylic acid groups (broad SMARTS) is 1. The largest absolute Gasteiger partial charge is 0.478 e. The molecule has 0 bridgehead atoms. The number of rotatable bonds is 3. The summed E-state index contributed by atoms with van der Waals surface area (Å²) in [6, 6.07) is 0. The maximum absolute atomic E-state index is 9.79. The molecule has 0 heterocycles. The lowest BCUT2D eigenvalue weighted by molar-refractivity contribution is -0.131. The highest BCUT2D eigenvalue weighted by molar-refractivity contribution is 5.85. The van der Waals surface area contributed by atoms with Crippen molar-refractivity contribution in [3.8, 4) is 0 Å². The van der Waals surface area contributed by atoms with Crippen molar-refractivity contribution in [2.24, 2.45) is 0 Å². The van der Waals surface area contributed by atoms with Crippen LogP contribution in [0.2, 0.25) is 0 Å². The minimum absolute atomic E-state index is 0. The van der Waals surface area contributed by atoms with Crippen LogP contribution in [0.1, 0.15) is 19.8 Å². The fourth-order valence-corrected chi connectivity index (χ4v) is 0.351. The van der Waals surface area contributed by atoms with Crippen LogP contribution >= 0.6 is 12.4 Å². The molecule has 0 aliphatic rings. The van der Waals surface area contributed by atoms with E-state index in [4.69, 9.17) is 5.11 Å². The molecule has 54 valence electrons. The normalized spacial score (nSPS) is 9.00. The van der Waals surface area contributed by atoms with Gasteiger partial charge in [0.15, 0.2) is 0 Å². The second-order valence-electron chi connectivity index (χ2n) is 1.53. The van der Waals surface area contributed by atoms with Crippen molar-refractivity contribution in [3.05, 3.63) is 12.2 Å². The molecule has 0 amide bonds. The Balaban J connectivity index is 0. The Morgan fingerprint density at radius 2 is 2.22 bits per heavy atom. The summed E-state index contributed by atoms with van der Waals surface area (Å²) in [6.07, 6.45) is 4.68. The predicted molar refractivity (Wildman–Crippen MR) is 38.9 cm³/mol. The zero-order chi connectivity index (χ0) is 6.41. The molecule has 0 spiro atoms. The molecule has 0 radical (unpaired) electrons. The minimum atomic E-state index is -0.863. The van der Waals surface area contributed by atoms with Crippen molar-refractivity contribution in [1.29, 1.82) is 0 Å². The number of hydrogen-bond donors (Lipinski definition) is 1. The lowest BCUT2D eigenvalue weighted by Gasteiger charge is -1.79. The van der Waals surface area contributed by atoms with Crippen molar-refractivity contribution in [3.63, 3.8) is 0 Å². The number of allylic oxidation sites excluding steroid dienone is 1.